The van der Waals surface area contributed by atoms with Gasteiger partial charge >= 0.3 is 0 Å². The number of para-hydroxylation sites is 1. The lowest BCUT2D eigenvalue weighted by Gasteiger charge is -2.17. The van der Waals surface area contributed by atoms with E-state index in [9.17, 15) is 9.18 Å². The summed E-state index contributed by atoms with van der Waals surface area (Å²) in [6.45, 7) is 4.00. The van der Waals surface area contributed by atoms with E-state index < -0.39 is 0 Å². The number of anilines is 1. The van der Waals surface area contributed by atoms with Crippen LogP contribution in [0.3, 0.4) is 0 Å². The number of H-pyrrole nitrogens is 1. The molecule has 5 nitrogen and oxygen atoms in total. The number of aromatic nitrogens is 3. The fraction of sp³-hybridized carbons (Fsp3) is 0.136. The van der Waals surface area contributed by atoms with Gasteiger partial charge in [-0.25, -0.2) is 14.4 Å². The van der Waals surface area contributed by atoms with Crippen molar-refractivity contribution in [3.05, 3.63) is 78.2 Å². The predicted molar refractivity (Wildman–Crippen MR) is 110 cm³/mol. The van der Waals surface area contributed by atoms with Gasteiger partial charge in [-0.2, -0.15) is 0 Å². The molecule has 0 fully saturated rings. The first-order chi connectivity index (χ1) is 13.6. The van der Waals surface area contributed by atoms with Crippen molar-refractivity contribution in [1.82, 2.24) is 15.0 Å². The molecule has 142 valence electrons. The zero-order chi connectivity index (χ0) is 20.1. The van der Waals surface area contributed by atoms with Gasteiger partial charge in [-0.3, -0.25) is 4.79 Å². The molecule has 4 rings (SSSR count). The van der Waals surface area contributed by atoms with Crippen LogP contribution in [0.4, 0.5) is 10.1 Å². The largest absolute Gasteiger partial charge is 0.336 e. The smallest absolute Gasteiger partial charge is 0.260 e. The van der Waals surface area contributed by atoms with Crippen LogP contribution in [-0.2, 0) is 0 Å². The van der Waals surface area contributed by atoms with E-state index in [1.165, 1.54) is 12.1 Å². The Morgan fingerprint density at radius 3 is 2.36 bits per heavy atom. The summed E-state index contributed by atoms with van der Waals surface area (Å²) < 4.78 is 13.1. The Kier molecular flexibility index (Phi) is 5.79. The number of rotatable bonds is 3. The second-order valence-electron chi connectivity index (χ2n) is 5.85. The minimum absolute atomic E-state index is 0.169. The van der Waals surface area contributed by atoms with E-state index in [1.54, 1.807) is 36.3 Å². The molecule has 1 amide bonds. The second-order valence-corrected chi connectivity index (χ2v) is 5.85. The van der Waals surface area contributed by atoms with E-state index in [0.29, 0.717) is 22.6 Å². The molecule has 28 heavy (non-hydrogen) atoms. The summed E-state index contributed by atoms with van der Waals surface area (Å²) in [6, 6.07) is 17.0. The summed E-state index contributed by atoms with van der Waals surface area (Å²) >= 11 is 0. The Balaban J connectivity index is 0.00000109. The van der Waals surface area contributed by atoms with Crippen molar-refractivity contribution >= 4 is 22.8 Å². The van der Waals surface area contributed by atoms with Crippen molar-refractivity contribution in [2.45, 2.75) is 13.8 Å². The lowest BCUT2D eigenvalue weighted by atomic mass is 10.2. The zero-order valence-corrected chi connectivity index (χ0v) is 16.0. The highest BCUT2D eigenvalue weighted by atomic mass is 19.1. The Labute approximate surface area is 162 Å². The Morgan fingerprint density at radius 1 is 1.00 bits per heavy atom. The fourth-order valence-corrected chi connectivity index (χ4v) is 2.78. The van der Waals surface area contributed by atoms with Crippen LogP contribution in [-0.4, -0.2) is 27.9 Å². The quantitative estimate of drug-likeness (QED) is 0.543. The molecule has 0 spiro atoms. The van der Waals surface area contributed by atoms with E-state index in [0.717, 1.165) is 11.3 Å². The number of nitrogens with zero attached hydrogens (tertiary/aromatic N) is 3. The van der Waals surface area contributed by atoms with Crippen molar-refractivity contribution in [2.24, 2.45) is 0 Å². The normalized spacial score (nSPS) is 10.3. The standard InChI is InChI=1S/C20H15FN4O.C2H6/c1-25(15-5-3-2-4-6-15)20(26)16-11-12-22-19-17(16)23-18(24-19)13-7-9-14(21)10-8-13;1-2/h2-12H,1H3,(H,22,23,24);1-2H3. The maximum Gasteiger partial charge on any atom is 0.260 e. The highest BCUT2D eigenvalue weighted by Gasteiger charge is 2.19. The molecule has 2 aromatic heterocycles. The van der Waals surface area contributed by atoms with Gasteiger partial charge in [0, 0.05) is 24.5 Å². The first-order valence-corrected chi connectivity index (χ1v) is 9.07. The lowest BCUT2D eigenvalue weighted by molar-refractivity contribution is 0.0994. The maximum atomic E-state index is 13.1. The SMILES string of the molecule is CC.CN(C(=O)c1ccnc2nc(-c3ccc(F)cc3)[nH]c12)c1ccccc1. The van der Waals surface area contributed by atoms with E-state index in [-0.39, 0.29) is 11.7 Å². The van der Waals surface area contributed by atoms with Crippen LogP contribution in [0.1, 0.15) is 24.2 Å². The van der Waals surface area contributed by atoms with Crippen molar-refractivity contribution in [3.8, 4) is 11.4 Å². The number of aromatic amines is 1. The van der Waals surface area contributed by atoms with Gasteiger partial charge in [0.15, 0.2) is 5.65 Å². The van der Waals surface area contributed by atoms with E-state index in [1.807, 2.05) is 44.2 Å². The first kappa shape index (κ1) is 19.2. The second kappa shape index (κ2) is 8.43. The van der Waals surface area contributed by atoms with Gasteiger partial charge in [-0.1, -0.05) is 32.0 Å². The van der Waals surface area contributed by atoms with Crippen molar-refractivity contribution in [3.63, 3.8) is 0 Å². The Morgan fingerprint density at radius 2 is 1.68 bits per heavy atom. The number of amides is 1. The number of fused-ring (bicyclic) bond motifs is 1. The van der Waals surface area contributed by atoms with Gasteiger partial charge < -0.3 is 9.88 Å². The number of benzene rings is 2. The van der Waals surface area contributed by atoms with Crippen molar-refractivity contribution in [1.29, 1.82) is 0 Å². The molecule has 0 bridgehead atoms. The average molecular weight is 376 g/mol. The highest BCUT2D eigenvalue weighted by Crippen LogP contribution is 2.24. The summed E-state index contributed by atoms with van der Waals surface area (Å²) in [4.78, 5) is 26.3. The van der Waals surface area contributed by atoms with E-state index in [2.05, 4.69) is 15.0 Å². The van der Waals surface area contributed by atoms with E-state index >= 15 is 0 Å². The summed E-state index contributed by atoms with van der Waals surface area (Å²) in [5.74, 6) is 0.0522. The molecule has 0 saturated heterocycles. The molecule has 0 aliphatic heterocycles. The molecular formula is C22H21FN4O. The van der Waals surface area contributed by atoms with Crippen LogP contribution >= 0.6 is 0 Å². The van der Waals surface area contributed by atoms with Gasteiger partial charge in [0.25, 0.3) is 5.91 Å². The third kappa shape index (κ3) is 3.76. The van der Waals surface area contributed by atoms with Crippen LogP contribution in [0.2, 0.25) is 0 Å². The Hall–Kier alpha value is -3.54. The topological polar surface area (TPSA) is 61.9 Å². The minimum Gasteiger partial charge on any atom is -0.336 e. The number of pyridine rings is 1. The molecule has 0 saturated carbocycles. The first-order valence-electron chi connectivity index (χ1n) is 9.07. The third-order valence-electron chi connectivity index (χ3n) is 4.19. The van der Waals surface area contributed by atoms with Gasteiger partial charge in [-0.15, -0.1) is 0 Å². The van der Waals surface area contributed by atoms with Gasteiger partial charge in [-0.05, 0) is 42.5 Å². The third-order valence-corrected chi connectivity index (χ3v) is 4.19. The van der Waals surface area contributed by atoms with Crippen LogP contribution in [0.15, 0.2) is 66.9 Å². The fourth-order valence-electron chi connectivity index (χ4n) is 2.78. The highest BCUT2D eigenvalue weighted by molar-refractivity contribution is 6.12. The number of carbonyl (C=O) groups excluding carboxylic acids is 1. The predicted octanol–water partition coefficient (Wildman–Crippen LogP) is 5.07. The van der Waals surface area contributed by atoms with Crippen LogP contribution < -0.4 is 4.90 Å². The lowest BCUT2D eigenvalue weighted by Crippen LogP contribution is -2.26. The maximum absolute atomic E-state index is 13.1. The van der Waals surface area contributed by atoms with Crippen LogP contribution in [0.25, 0.3) is 22.6 Å². The van der Waals surface area contributed by atoms with Crippen LogP contribution in [0, 0.1) is 5.82 Å². The van der Waals surface area contributed by atoms with Gasteiger partial charge in [0.05, 0.1) is 11.1 Å². The zero-order valence-electron chi connectivity index (χ0n) is 16.0. The average Bonchev–Trinajstić information content (AvgIpc) is 3.19. The summed E-state index contributed by atoms with van der Waals surface area (Å²) in [7, 11) is 1.72. The molecule has 6 heteroatoms. The molecule has 1 N–H and O–H groups in total. The van der Waals surface area contributed by atoms with Crippen LogP contribution in [0.5, 0.6) is 0 Å². The molecule has 0 atom stereocenters. The monoisotopic (exact) mass is 376 g/mol. The number of hydrogen-bond donors (Lipinski definition) is 1. The number of halogens is 1. The molecule has 0 radical (unpaired) electrons. The summed E-state index contributed by atoms with van der Waals surface area (Å²) in [5, 5.41) is 0. The molecule has 0 aliphatic carbocycles. The molecule has 2 aromatic carbocycles. The molecule has 0 unspecified atom stereocenters. The number of imidazole rings is 1. The number of nitrogens with one attached hydrogen (secondary N) is 1. The molecule has 4 aromatic rings. The van der Waals surface area contributed by atoms with Gasteiger partial charge in [0.2, 0.25) is 0 Å². The van der Waals surface area contributed by atoms with Crippen molar-refractivity contribution in [2.75, 3.05) is 11.9 Å². The Bertz CT molecular complexity index is 1070. The number of hydrogen-bond acceptors (Lipinski definition) is 3. The molecular weight excluding hydrogens is 355 g/mol. The van der Waals surface area contributed by atoms with Gasteiger partial charge in [0.1, 0.15) is 11.6 Å². The summed E-state index contributed by atoms with van der Waals surface area (Å²) in [5.41, 5.74) is 2.98. The molecule has 0 aliphatic rings. The minimum atomic E-state index is -0.316. The van der Waals surface area contributed by atoms with E-state index in [4.69, 9.17) is 0 Å². The van der Waals surface area contributed by atoms with Crippen molar-refractivity contribution < 1.29 is 9.18 Å². The summed E-state index contributed by atoms with van der Waals surface area (Å²) in [6.07, 6.45) is 1.56. The molecule has 2 heterocycles. The number of carbonyl (C=O) groups is 1.